The number of anilines is 2. The van der Waals surface area contributed by atoms with Crippen molar-refractivity contribution < 1.29 is 14.7 Å². The van der Waals surface area contributed by atoms with Gasteiger partial charge in [-0.25, -0.2) is 0 Å². The number of hydrogen-bond donors (Lipinski definition) is 4. The number of phenolic OH excluding ortho intramolecular Hbond substituents is 1. The van der Waals surface area contributed by atoms with E-state index in [0.29, 0.717) is 5.69 Å². The van der Waals surface area contributed by atoms with Crippen LogP contribution < -0.4 is 16.4 Å². The van der Waals surface area contributed by atoms with Crippen molar-refractivity contribution in [1.82, 2.24) is 5.32 Å². The third-order valence-electron chi connectivity index (χ3n) is 5.70. The minimum absolute atomic E-state index is 0.0993. The summed E-state index contributed by atoms with van der Waals surface area (Å²) in [6.07, 6.45) is 0. The van der Waals surface area contributed by atoms with E-state index in [-0.39, 0.29) is 29.6 Å². The largest absolute Gasteiger partial charge is 0.506 e. The predicted octanol–water partition coefficient (Wildman–Crippen LogP) is 4.75. The molecular formula is C29H27N3O3S. The minimum atomic E-state index is -0.628. The zero-order chi connectivity index (χ0) is 25.4. The summed E-state index contributed by atoms with van der Waals surface area (Å²) in [5.41, 5.74) is 9.47. The van der Waals surface area contributed by atoms with Crippen LogP contribution >= 0.6 is 11.8 Å². The Bertz CT molecular complexity index is 1220. The molecule has 0 unspecified atom stereocenters. The average Bonchev–Trinajstić information content (AvgIpc) is 2.92. The quantitative estimate of drug-likeness (QED) is 0.116. The number of nitrogens with two attached hydrogens (primary N) is 1. The summed E-state index contributed by atoms with van der Waals surface area (Å²) in [6.45, 7) is -0.233. The van der Waals surface area contributed by atoms with Gasteiger partial charge in [-0.15, -0.1) is 11.8 Å². The van der Waals surface area contributed by atoms with Crippen LogP contribution in [0.4, 0.5) is 11.4 Å². The van der Waals surface area contributed by atoms with Crippen molar-refractivity contribution in [1.29, 1.82) is 0 Å². The fourth-order valence-electron chi connectivity index (χ4n) is 4.02. The molecule has 0 radical (unpaired) electrons. The fourth-order valence-corrected chi connectivity index (χ4v) is 5.38. The fraction of sp³-hybridized carbons (Fsp3) is 0.103. The number of phenols is 1. The molecular weight excluding hydrogens is 470 g/mol. The predicted molar refractivity (Wildman–Crippen MR) is 146 cm³/mol. The number of amides is 2. The Hall–Kier alpha value is -4.23. The number of carbonyl (C=O) groups is 2. The van der Waals surface area contributed by atoms with Crippen LogP contribution in [-0.2, 0) is 14.3 Å². The van der Waals surface area contributed by atoms with Crippen molar-refractivity contribution in [2.45, 2.75) is 4.75 Å². The lowest BCUT2D eigenvalue weighted by Crippen LogP contribution is -2.35. The summed E-state index contributed by atoms with van der Waals surface area (Å²) in [7, 11) is 0. The number of rotatable bonds is 9. The zero-order valence-corrected chi connectivity index (χ0v) is 20.4. The van der Waals surface area contributed by atoms with Crippen molar-refractivity contribution in [2.24, 2.45) is 0 Å². The number of carbonyl (C=O) groups excluding carboxylic acids is 2. The van der Waals surface area contributed by atoms with Gasteiger partial charge in [-0.3, -0.25) is 9.59 Å². The van der Waals surface area contributed by atoms with Gasteiger partial charge in [0.05, 0.1) is 22.7 Å². The SMILES string of the molecule is Nc1ccc(O)c(NC(=O)CNC(=O)CSC(c2ccccc2)(c2ccccc2)c2ccccc2)c1. The molecule has 0 aliphatic rings. The van der Waals surface area contributed by atoms with E-state index in [1.54, 1.807) is 0 Å². The van der Waals surface area contributed by atoms with Crippen LogP contribution in [0.3, 0.4) is 0 Å². The molecule has 182 valence electrons. The Labute approximate surface area is 214 Å². The maximum atomic E-state index is 12.9. The first-order valence-electron chi connectivity index (χ1n) is 11.4. The molecule has 4 rings (SSSR count). The summed E-state index contributed by atoms with van der Waals surface area (Å²) >= 11 is 1.50. The zero-order valence-electron chi connectivity index (χ0n) is 19.6. The molecule has 0 aromatic heterocycles. The highest BCUT2D eigenvalue weighted by Crippen LogP contribution is 2.48. The smallest absolute Gasteiger partial charge is 0.243 e. The van der Waals surface area contributed by atoms with Crippen LogP contribution in [0, 0.1) is 0 Å². The molecule has 0 heterocycles. The van der Waals surface area contributed by atoms with Gasteiger partial charge in [-0.2, -0.15) is 0 Å². The normalized spacial score (nSPS) is 11.0. The second kappa shape index (κ2) is 11.5. The third-order valence-corrected chi connectivity index (χ3v) is 7.25. The molecule has 0 atom stereocenters. The topological polar surface area (TPSA) is 104 Å². The van der Waals surface area contributed by atoms with E-state index in [1.165, 1.54) is 30.0 Å². The van der Waals surface area contributed by atoms with Crippen LogP contribution in [0.1, 0.15) is 16.7 Å². The van der Waals surface area contributed by atoms with Crippen molar-refractivity contribution in [3.63, 3.8) is 0 Å². The number of aromatic hydroxyl groups is 1. The first kappa shape index (κ1) is 24.9. The Balaban J connectivity index is 1.53. The van der Waals surface area contributed by atoms with E-state index in [0.717, 1.165) is 16.7 Å². The highest BCUT2D eigenvalue weighted by atomic mass is 32.2. The molecule has 36 heavy (non-hydrogen) atoms. The van der Waals surface area contributed by atoms with E-state index in [2.05, 4.69) is 47.0 Å². The molecule has 4 aromatic carbocycles. The maximum Gasteiger partial charge on any atom is 0.243 e. The standard InChI is InChI=1S/C29H27N3O3S/c30-24-16-17-26(33)25(18-24)32-27(34)19-31-28(35)20-36-29(21-10-4-1-5-11-21,22-12-6-2-7-13-22)23-14-8-3-9-15-23/h1-18,33H,19-20,30H2,(H,31,35)(H,32,34). The summed E-state index contributed by atoms with van der Waals surface area (Å²) in [5, 5.41) is 15.1. The molecule has 0 saturated carbocycles. The summed E-state index contributed by atoms with van der Waals surface area (Å²) in [6, 6.07) is 34.7. The molecule has 7 heteroatoms. The lowest BCUT2D eigenvalue weighted by atomic mass is 9.84. The van der Waals surface area contributed by atoms with Gasteiger partial charge in [-0.1, -0.05) is 91.0 Å². The lowest BCUT2D eigenvalue weighted by Gasteiger charge is -2.35. The van der Waals surface area contributed by atoms with E-state index >= 15 is 0 Å². The molecule has 2 amide bonds. The Morgan fingerprint density at radius 3 is 1.75 bits per heavy atom. The van der Waals surface area contributed by atoms with Crippen LogP contribution in [0.5, 0.6) is 5.75 Å². The van der Waals surface area contributed by atoms with E-state index < -0.39 is 10.7 Å². The van der Waals surface area contributed by atoms with E-state index in [4.69, 9.17) is 5.73 Å². The van der Waals surface area contributed by atoms with Crippen LogP contribution in [0.2, 0.25) is 0 Å². The Morgan fingerprint density at radius 1 is 0.750 bits per heavy atom. The third kappa shape index (κ3) is 5.70. The summed E-state index contributed by atoms with van der Waals surface area (Å²) in [5.74, 6) is -0.721. The monoisotopic (exact) mass is 497 g/mol. The van der Waals surface area contributed by atoms with Gasteiger partial charge >= 0.3 is 0 Å². The first-order valence-corrected chi connectivity index (χ1v) is 12.4. The number of benzene rings is 4. The Kier molecular flexibility index (Phi) is 7.92. The maximum absolute atomic E-state index is 12.9. The number of nitrogens with one attached hydrogen (secondary N) is 2. The first-order chi connectivity index (χ1) is 17.5. The van der Waals surface area contributed by atoms with Gasteiger partial charge in [-0.05, 0) is 34.9 Å². The highest BCUT2D eigenvalue weighted by molar-refractivity contribution is 8.01. The number of nitrogen functional groups attached to an aromatic ring is 1. The average molecular weight is 498 g/mol. The van der Waals surface area contributed by atoms with Crippen molar-refractivity contribution in [3.8, 4) is 5.75 Å². The molecule has 6 nitrogen and oxygen atoms in total. The molecule has 0 bridgehead atoms. The van der Waals surface area contributed by atoms with Crippen molar-refractivity contribution >= 4 is 35.0 Å². The molecule has 5 N–H and O–H groups in total. The van der Waals surface area contributed by atoms with E-state index in [1.807, 2.05) is 54.6 Å². The lowest BCUT2D eigenvalue weighted by molar-refractivity contribution is -0.122. The minimum Gasteiger partial charge on any atom is -0.506 e. The van der Waals surface area contributed by atoms with Crippen molar-refractivity contribution in [2.75, 3.05) is 23.3 Å². The number of thioether (sulfide) groups is 1. The summed E-state index contributed by atoms with van der Waals surface area (Å²) in [4.78, 5) is 25.2. The van der Waals surface area contributed by atoms with Gasteiger partial charge in [0, 0.05) is 5.69 Å². The molecule has 0 saturated heterocycles. The van der Waals surface area contributed by atoms with Gasteiger partial charge in [0.25, 0.3) is 0 Å². The molecule has 0 aliphatic heterocycles. The van der Waals surface area contributed by atoms with Gasteiger partial charge in [0.1, 0.15) is 5.75 Å². The molecule has 0 spiro atoms. The van der Waals surface area contributed by atoms with Gasteiger partial charge in [0.2, 0.25) is 11.8 Å². The van der Waals surface area contributed by atoms with Gasteiger partial charge in [0.15, 0.2) is 0 Å². The Morgan fingerprint density at radius 2 is 1.25 bits per heavy atom. The second-order valence-electron chi connectivity index (χ2n) is 8.17. The number of hydrogen-bond acceptors (Lipinski definition) is 5. The van der Waals surface area contributed by atoms with Gasteiger partial charge < -0.3 is 21.5 Å². The van der Waals surface area contributed by atoms with E-state index in [9.17, 15) is 14.7 Å². The van der Waals surface area contributed by atoms with Crippen LogP contribution in [0.15, 0.2) is 109 Å². The van der Waals surface area contributed by atoms with Crippen LogP contribution in [0.25, 0.3) is 0 Å². The van der Waals surface area contributed by atoms with Crippen molar-refractivity contribution in [3.05, 3.63) is 126 Å². The molecule has 0 aliphatic carbocycles. The van der Waals surface area contributed by atoms with Crippen LogP contribution in [-0.4, -0.2) is 29.2 Å². The highest BCUT2D eigenvalue weighted by Gasteiger charge is 2.37. The summed E-state index contributed by atoms with van der Waals surface area (Å²) < 4.78 is -0.628. The molecule has 0 fully saturated rings. The molecule has 4 aromatic rings. The second-order valence-corrected chi connectivity index (χ2v) is 9.36.